The van der Waals surface area contributed by atoms with Gasteiger partial charge in [0, 0.05) is 19.0 Å². The van der Waals surface area contributed by atoms with Gasteiger partial charge in [0.05, 0.1) is 20.1 Å². The molecular formula is C18H23NO5. The zero-order chi connectivity index (χ0) is 17.3. The van der Waals surface area contributed by atoms with E-state index in [1.165, 1.54) is 5.56 Å². The van der Waals surface area contributed by atoms with E-state index in [1.807, 2.05) is 17.0 Å². The third-order valence-electron chi connectivity index (χ3n) is 5.16. The molecule has 0 bridgehead atoms. The molecule has 1 aliphatic carbocycles. The van der Waals surface area contributed by atoms with E-state index in [4.69, 9.17) is 14.6 Å². The molecule has 1 heterocycles. The summed E-state index contributed by atoms with van der Waals surface area (Å²) < 4.78 is 10.7. The molecule has 6 nitrogen and oxygen atoms in total. The minimum Gasteiger partial charge on any atom is -0.493 e. The second-order valence-electron chi connectivity index (χ2n) is 6.53. The second kappa shape index (κ2) is 6.71. The zero-order valence-corrected chi connectivity index (χ0v) is 14.1. The molecule has 0 spiro atoms. The Labute approximate surface area is 141 Å². The number of amides is 1. The normalized spacial score (nSPS) is 22.8. The Bertz CT molecular complexity index is 657. The number of carbonyl (C=O) groups is 2. The number of hydrogen-bond acceptors (Lipinski definition) is 4. The maximum absolute atomic E-state index is 12.7. The van der Waals surface area contributed by atoms with Crippen LogP contribution in [0.1, 0.15) is 30.4 Å². The number of carbonyl (C=O) groups excluding carboxylic acids is 1. The van der Waals surface area contributed by atoms with E-state index >= 15 is 0 Å². The predicted molar refractivity (Wildman–Crippen MR) is 87.1 cm³/mol. The molecule has 0 saturated heterocycles. The maximum Gasteiger partial charge on any atom is 0.306 e. The van der Waals surface area contributed by atoms with Crippen LogP contribution in [0.4, 0.5) is 0 Å². The van der Waals surface area contributed by atoms with Gasteiger partial charge in [0.15, 0.2) is 11.5 Å². The van der Waals surface area contributed by atoms with Crippen LogP contribution >= 0.6 is 0 Å². The first-order chi connectivity index (χ1) is 11.5. The van der Waals surface area contributed by atoms with Crippen molar-refractivity contribution >= 4 is 11.9 Å². The van der Waals surface area contributed by atoms with Crippen LogP contribution in [0.25, 0.3) is 0 Å². The molecule has 1 N–H and O–H groups in total. The predicted octanol–water partition coefficient (Wildman–Crippen LogP) is 2.09. The van der Waals surface area contributed by atoms with Crippen molar-refractivity contribution in [1.29, 1.82) is 0 Å². The molecule has 1 aliphatic heterocycles. The highest BCUT2D eigenvalue weighted by molar-refractivity contribution is 5.81. The van der Waals surface area contributed by atoms with Gasteiger partial charge < -0.3 is 19.5 Å². The number of carboxylic acid groups (broad SMARTS) is 1. The zero-order valence-electron chi connectivity index (χ0n) is 14.1. The Balaban J connectivity index is 1.73. The van der Waals surface area contributed by atoms with Crippen LogP contribution in [-0.4, -0.2) is 42.6 Å². The third-order valence-corrected chi connectivity index (χ3v) is 5.16. The van der Waals surface area contributed by atoms with Crippen molar-refractivity contribution in [2.75, 3.05) is 20.8 Å². The van der Waals surface area contributed by atoms with Crippen molar-refractivity contribution in [2.45, 2.75) is 32.2 Å². The molecule has 1 saturated carbocycles. The summed E-state index contributed by atoms with van der Waals surface area (Å²) in [5.74, 6) is 0.131. The highest BCUT2D eigenvalue weighted by Gasteiger charge is 2.36. The molecule has 3 rings (SSSR count). The fourth-order valence-corrected chi connectivity index (χ4v) is 3.76. The van der Waals surface area contributed by atoms with Gasteiger partial charge in [-0.05, 0) is 48.9 Å². The van der Waals surface area contributed by atoms with Crippen LogP contribution in [0, 0.1) is 11.8 Å². The summed E-state index contributed by atoms with van der Waals surface area (Å²) in [6.07, 6.45) is 2.51. The number of aliphatic carboxylic acids is 1. The average molecular weight is 333 g/mol. The first-order valence-electron chi connectivity index (χ1n) is 8.28. The van der Waals surface area contributed by atoms with E-state index in [2.05, 4.69) is 0 Å². The van der Waals surface area contributed by atoms with Crippen LogP contribution < -0.4 is 9.47 Å². The number of hydrogen-bond donors (Lipinski definition) is 1. The van der Waals surface area contributed by atoms with Crippen LogP contribution in [-0.2, 0) is 22.6 Å². The summed E-state index contributed by atoms with van der Waals surface area (Å²) in [6.45, 7) is 1.21. The van der Waals surface area contributed by atoms with E-state index in [9.17, 15) is 9.59 Å². The smallest absolute Gasteiger partial charge is 0.306 e. The molecule has 2 atom stereocenters. The standard InChI is InChI=1S/C18H23NO5/c1-23-15-8-11-5-6-19(10-14(11)9-16(15)24-2)17(20)12-3-4-13(7-12)18(21)22/h8-9,12-13H,3-7,10H2,1-2H3,(H,21,22)/t12-,13+/m1/s1. The van der Waals surface area contributed by atoms with Crippen LogP contribution in [0.5, 0.6) is 11.5 Å². The maximum atomic E-state index is 12.7. The summed E-state index contributed by atoms with van der Waals surface area (Å²) in [6, 6.07) is 3.91. The summed E-state index contributed by atoms with van der Waals surface area (Å²) in [4.78, 5) is 25.7. The number of rotatable bonds is 4. The average Bonchev–Trinajstić information content (AvgIpc) is 3.09. The highest BCUT2D eigenvalue weighted by Crippen LogP contribution is 2.36. The lowest BCUT2D eigenvalue weighted by molar-refractivity contribution is -0.141. The van der Waals surface area contributed by atoms with Crippen molar-refractivity contribution < 1.29 is 24.2 Å². The fraction of sp³-hybridized carbons (Fsp3) is 0.556. The summed E-state index contributed by atoms with van der Waals surface area (Å²) in [5.41, 5.74) is 2.24. The van der Waals surface area contributed by atoms with Gasteiger partial charge in [-0.25, -0.2) is 0 Å². The Morgan fingerprint density at radius 1 is 1.08 bits per heavy atom. The quantitative estimate of drug-likeness (QED) is 0.913. The summed E-state index contributed by atoms with van der Waals surface area (Å²) >= 11 is 0. The largest absolute Gasteiger partial charge is 0.493 e. The monoisotopic (exact) mass is 333 g/mol. The van der Waals surface area contributed by atoms with E-state index in [1.54, 1.807) is 14.2 Å². The molecule has 1 aromatic rings. The molecule has 6 heteroatoms. The number of ether oxygens (including phenoxy) is 2. The lowest BCUT2D eigenvalue weighted by Crippen LogP contribution is -2.39. The van der Waals surface area contributed by atoms with Crippen molar-refractivity contribution in [3.05, 3.63) is 23.3 Å². The molecule has 130 valence electrons. The molecule has 24 heavy (non-hydrogen) atoms. The Hall–Kier alpha value is -2.24. The van der Waals surface area contributed by atoms with Gasteiger partial charge >= 0.3 is 5.97 Å². The Morgan fingerprint density at radius 3 is 2.29 bits per heavy atom. The third kappa shape index (κ3) is 3.05. The van der Waals surface area contributed by atoms with Crippen LogP contribution in [0.2, 0.25) is 0 Å². The molecule has 1 amide bonds. The number of fused-ring (bicyclic) bond motifs is 1. The Kier molecular flexibility index (Phi) is 4.64. The van der Waals surface area contributed by atoms with Gasteiger partial charge in [-0.15, -0.1) is 0 Å². The van der Waals surface area contributed by atoms with E-state index in [0.29, 0.717) is 43.9 Å². The number of benzene rings is 1. The lowest BCUT2D eigenvalue weighted by Gasteiger charge is -2.31. The minimum absolute atomic E-state index is 0.0826. The highest BCUT2D eigenvalue weighted by atomic mass is 16.5. The van der Waals surface area contributed by atoms with Crippen LogP contribution in [0.3, 0.4) is 0 Å². The first-order valence-corrected chi connectivity index (χ1v) is 8.28. The summed E-state index contributed by atoms with van der Waals surface area (Å²) in [5, 5.41) is 9.11. The van der Waals surface area contributed by atoms with E-state index in [0.717, 1.165) is 12.0 Å². The molecule has 0 aromatic heterocycles. The van der Waals surface area contributed by atoms with Crippen molar-refractivity contribution in [1.82, 2.24) is 4.90 Å². The van der Waals surface area contributed by atoms with Gasteiger partial charge in [-0.3, -0.25) is 9.59 Å². The van der Waals surface area contributed by atoms with Gasteiger partial charge in [-0.2, -0.15) is 0 Å². The lowest BCUT2D eigenvalue weighted by atomic mass is 9.96. The second-order valence-corrected chi connectivity index (χ2v) is 6.53. The van der Waals surface area contributed by atoms with Crippen molar-refractivity contribution in [3.63, 3.8) is 0 Å². The molecule has 1 fully saturated rings. The minimum atomic E-state index is -0.786. The van der Waals surface area contributed by atoms with E-state index < -0.39 is 5.97 Å². The first kappa shape index (κ1) is 16.6. The topological polar surface area (TPSA) is 76.1 Å². The molecule has 0 radical (unpaired) electrons. The van der Waals surface area contributed by atoms with Gasteiger partial charge in [0.25, 0.3) is 0 Å². The molecule has 0 unspecified atom stereocenters. The number of nitrogens with zero attached hydrogens (tertiary/aromatic N) is 1. The van der Waals surface area contributed by atoms with E-state index in [-0.39, 0.29) is 17.7 Å². The van der Waals surface area contributed by atoms with Gasteiger partial charge in [0.2, 0.25) is 5.91 Å². The van der Waals surface area contributed by atoms with Crippen molar-refractivity contribution in [3.8, 4) is 11.5 Å². The number of methoxy groups -OCH3 is 2. The fourth-order valence-electron chi connectivity index (χ4n) is 3.76. The Morgan fingerprint density at radius 2 is 1.71 bits per heavy atom. The molecule has 2 aliphatic rings. The van der Waals surface area contributed by atoms with Crippen molar-refractivity contribution in [2.24, 2.45) is 11.8 Å². The SMILES string of the molecule is COc1cc2c(cc1OC)CN(C(=O)[C@@H]1CC[C@H](C(=O)O)C1)CC2. The molecular weight excluding hydrogens is 310 g/mol. The van der Waals surface area contributed by atoms with Gasteiger partial charge in [0.1, 0.15) is 0 Å². The molecule has 1 aromatic carbocycles. The summed E-state index contributed by atoms with van der Waals surface area (Å²) in [7, 11) is 3.21. The van der Waals surface area contributed by atoms with Crippen LogP contribution in [0.15, 0.2) is 12.1 Å². The van der Waals surface area contributed by atoms with Gasteiger partial charge in [-0.1, -0.05) is 0 Å². The number of carboxylic acids is 1.